The van der Waals surface area contributed by atoms with E-state index in [0.29, 0.717) is 31.1 Å². The van der Waals surface area contributed by atoms with Gasteiger partial charge in [0.1, 0.15) is 11.9 Å². The van der Waals surface area contributed by atoms with E-state index in [1.807, 2.05) is 0 Å². The fourth-order valence-electron chi connectivity index (χ4n) is 3.28. The monoisotopic (exact) mass is 407 g/mol. The summed E-state index contributed by atoms with van der Waals surface area (Å²) in [5.41, 5.74) is -0.519. The molecule has 2 aromatic carbocycles. The number of carbonyl (C=O) groups is 1. The molecule has 1 atom stereocenters. The van der Waals surface area contributed by atoms with Gasteiger partial charge in [-0.05, 0) is 41.8 Å². The Morgan fingerprint density at radius 1 is 1.31 bits per heavy atom. The first-order valence-electron chi connectivity index (χ1n) is 8.78. The maximum Gasteiger partial charge on any atom is 0.417 e. The average molecular weight is 407 g/mol. The largest absolute Gasteiger partial charge is 0.417 e. The van der Waals surface area contributed by atoms with Crippen molar-refractivity contribution in [2.24, 2.45) is 0 Å². The Kier molecular flexibility index (Phi) is 5.86. The third-order valence-corrected chi connectivity index (χ3v) is 4.73. The minimum absolute atomic E-state index is 0.0514. The van der Waals surface area contributed by atoms with Crippen LogP contribution in [0.2, 0.25) is 0 Å². The molecule has 1 aliphatic heterocycles. The molecule has 0 aromatic heterocycles. The fourth-order valence-corrected chi connectivity index (χ4v) is 3.28. The Bertz CT molecular complexity index is 969. The van der Waals surface area contributed by atoms with Gasteiger partial charge in [0.2, 0.25) is 0 Å². The van der Waals surface area contributed by atoms with Crippen LogP contribution < -0.4 is 5.32 Å². The van der Waals surface area contributed by atoms with Crippen LogP contribution >= 0.6 is 0 Å². The van der Waals surface area contributed by atoms with Crippen LogP contribution in [0.25, 0.3) is 0 Å². The highest BCUT2D eigenvalue weighted by Crippen LogP contribution is 2.33. The first kappa shape index (κ1) is 20.8. The number of fused-ring (bicyclic) bond motifs is 1. The third kappa shape index (κ3) is 4.72. The molecule has 0 saturated carbocycles. The van der Waals surface area contributed by atoms with Crippen molar-refractivity contribution < 1.29 is 27.5 Å². The van der Waals surface area contributed by atoms with E-state index in [9.17, 15) is 27.5 Å². The lowest BCUT2D eigenvalue weighted by molar-refractivity contribution is -0.137. The summed E-state index contributed by atoms with van der Waals surface area (Å²) in [6.45, 7) is 0.740. The Labute approximate surface area is 164 Å². The van der Waals surface area contributed by atoms with Gasteiger partial charge in [-0.25, -0.2) is 4.39 Å². The van der Waals surface area contributed by atoms with Crippen molar-refractivity contribution in [1.82, 2.24) is 4.90 Å². The maximum absolute atomic E-state index is 13.8. The van der Waals surface area contributed by atoms with Gasteiger partial charge >= 0.3 is 6.18 Å². The number of anilines is 1. The molecule has 0 fully saturated rings. The number of halogens is 4. The van der Waals surface area contributed by atoms with Gasteiger partial charge in [-0.1, -0.05) is 12.1 Å². The SMILES string of the molecule is N#Cc1ccc(NC(=O)[C@@H](O)CN2CCc3c(F)cccc3C2)cc1C(F)(F)F. The Balaban J connectivity index is 1.65. The number of alkyl halides is 3. The second-order valence-electron chi connectivity index (χ2n) is 6.74. The highest BCUT2D eigenvalue weighted by atomic mass is 19.4. The summed E-state index contributed by atoms with van der Waals surface area (Å²) in [4.78, 5) is 14.0. The van der Waals surface area contributed by atoms with E-state index >= 15 is 0 Å². The smallest absolute Gasteiger partial charge is 0.382 e. The number of nitrogens with one attached hydrogen (secondary N) is 1. The van der Waals surface area contributed by atoms with Gasteiger partial charge in [-0.15, -0.1) is 0 Å². The van der Waals surface area contributed by atoms with Gasteiger partial charge < -0.3 is 10.4 Å². The number of hydrogen-bond acceptors (Lipinski definition) is 4. The van der Waals surface area contributed by atoms with E-state index in [1.165, 1.54) is 18.2 Å². The van der Waals surface area contributed by atoms with E-state index in [0.717, 1.165) is 11.6 Å². The van der Waals surface area contributed by atoms with E-state index in [4.69, 9.17) is 5.26 Å². The van der Waals surface area contributed by atoms with Gasteiger partial charge in [0.15, 0.2) is 0 Å². The van der Waals surface area contributed by atoms with Gasteiger partial charge in [0.25, 0.3) is 5.91 Å². The first-order chi connectivity index (χ1) is 13.7. The molecule has 9 heteroatoms. The summed E-state index contributed by atoms with van der Waals surface area (Å²) in [5, 5.41) is 21.2. The van der Waals surface area contributed by atoms with E-state index in [1.54, 1.807) is 17.0 Å². The van der Waals surface area contributed by atoms with Crippen molar-refractivity contribution in [3.05, 3.63) is 64.5 Å². The van der Waals surface area contributed by atoms with Crippen molar-refractivity contribution >= 4 is 11.6 Å². The molecule has 0 radical (unpaired) electrons. The minimum Gasteiger partial charge on any atom is -0.382 e. The number of aliphatic hydroxyl groups excluding tert-OH is 1. The zero-order valence-corrected chi connectivity index (χ0v) is 15.1. The van der Waals surface area contributed by atoms with Crippen LogP contribution in [0.3, 0.4) is 0 Å². The summed E-state index contributed by atoms with van der Waals surface area (Å²) < 4.78 is 52.8. The average Bonchev–Trinajstić information content (AvgIpc) is 2.67. The molecule has 0 saturated heterocycles. The molecule has 5 nitrogen and oxygen atoms in total. The van der Waals surface area contributed by atoms with Crippen molar-refractivity contribution in [3.8, 4) is 6.07 Å². The van der Waals surface area contributed by atoms with Gasteiger partial charge in [-0.2, -0.15) is 18.4 Å². The lowest BCUT2D eigenvalue weighted by Crippen LogP contribution is -2.42. The summed E-state index contributed by atoms with van der Waals surface area (Å²) in [6, 6.07) is 8.97. The van der Waals surface area contributed by atoms with Crippen molar-refractivity contribution in [1.29, 1.82) is 5.26 Å². The second-order valence-corrected chi connectivity index (χ2v) is 6.74. The van der Waals surface area contributed by atoms with Crippen molar-refractivity contribution in [2.75, 3.05) is 18.4 Å². The number of rotatable bonds is 4. The molecule has 0 unspecified atom stereocenters. The first-order valence-corrected chi connectivity index (χ1v) is 8.78. The van der Waals surface area contributed by atoms with Crippen LogP contribution in [-0.2, 0) is 23.9 Å². The number of hydrogen-bond donors (Lipinski definition) is 2. The van der Waals surface area contributed by atoms with Crippen LogP contribution in [0.5, 0.6) is 0 Å². The predicted molar refractivity (Wildman–Crippen MR) is 96.2 cm³/mol. The molecular formula is C20H17F4N3O2. The molecule has 1 heterocycles. The molecule has 0 spiro atoms. The Morgan fingerprint density at radius 3 is 2.76 bits per heavy atom. The summed E-state index contributed by atoms with van der Waals surface area (Å²) in [7, 11) is 0. The number of amides is 1. The highest BCUT2D eigenvalue weighted by molar-refractivity contribution is 5.94. The number of aliphatic hydroxyl groups is 1. The minimum atomic E-state index is -4.75. The van der Waals surface area contributed by atoms with Gasteiger partial charge in [0, 0.05) is 25.3 Å². The lowest BCUT2D eigenvalue weighted by Gasteiger charge is -2.30. The van der Waals surface area contributed by atoms with Crippen molar-refractivity contribution in [3.63, 3.8) is 0 Å². The number of nitriles is 1. The standard InChI is InChI=1S/C20H17F4N3O2/c21-17-3-1-2-13-10-27(7-6-15(13)17)11-18(28)19(29)26-14-5-4-12(9-25)16(8-14)20(22,23)24/h1-5,8,18,28H,6-7,10-11H2,(H,26,29)/t18-/m0/s1. The lowest BCUT2D eigenvalue weighted by atomic mass is 9.99. The zero-order valence-electron chi connectivity index (χ0n) is 15.1. The quantitative estimate of drug-likeness (QED) is 0.764. The molecule has 152 valence electrons. The van der Waals surface area contributed by atoms with Crippen LogP contribution in [0.1, 0.15) is 22.3 Å². The fraction of sp³-hybridized carbons (Fsp3) is 0.300. The maximum atomic E-state index is 13.8. The molecular weight excluding hydrogens is 390 g/mol. The number of nitrogens with zero attached hydrogens (tertiary/aromatic N) is 2. The highest BCUT2D eigenvalue weighted by Gasteiger charge is 2.34. The number of benzene rings is 2. The molecule has 2 aromatic rings. The molecule has 0 aliphatic carbocycles. The zero-order chi connectivity index (χ0) is 21.2. The van der Waals surface area contributed by atoms with Crippen LogP contribution in [0.15, 0.2) is 36.4 Å². The number of β-amino-alcohol motifs (C(OH)–C–C–N with tert-alkyl or cyclic N) is 1. The van der Waals surface area contributed by atoms with E-state index < -0.39 is 29.3 Å². The van der Waals surface area contributed by atoms with Crippen LogP contribution in [0, 0.1) is 17.1 Å². The summed E-state index contributed by atoms with van der Waals surface area (Å²) >= 11 is 0. The summed E-state index contributed by atoms with van der Waals surface area (Å²) in [5.74, 6) is -1.16. The van der Waals surface area contributed by atoms with Crippen molar-refractivity contribution in [2.45, 2.75) is 25.2 Å². The van der Waals surface area contributed by atoms with E-state index in [2.05, 4.69) is 5.32 Å². The van der Waals surface area contributed by atoms with Crippen LogP contribution in [-0.4, -0.2) is 35.1 Å². The summed E-state index contributed by atoms with van der Waals surface area (Å²) in [6.07, 6.45) is -5.81. The predicted octanol–water partition coefficient (Wildman–Crippen LogP) is 3.07. The molecule has 3 rings (SSSR count). The van der Waals surface area contributed by atoms with Gasteiger partial charge in [-0.3, -0.25) is 9.69 Å². The molecule has 2 N–H and O–H groups in total. The normalized spacial score (nSPS) is 15.3. The molecule has 1 aliphatic rings. The molecule has 1 amide bonds. The second kappa shape index (κ2) is 8.19. The van der Waals surface area contributed by atoms with Crippen LogP contribution in [0.4, 0.5) is 23.2 Å². The third-order valence-electron chi connectivity index (χ3n) is 4.73. The molecule has 0 bridgehead atoms. The Hall–Kier alpha value is -2.96. The van der Waals surface area contributed by atoms with Gasteiger partial charge in [0.05, 0.1) is 17.2 Å². The van der Waals surface area contributed by atoms with E-state index in [-0.39, 0.29) is 18.0 Å². The molecule has 29 heavy (non-hydrogen) atoms. The topological polar surface area (TPSA) is 76.4 Å². The number of carbonyl (C=O) groups excluding carboxylic acids is 1. The Morgan fingerprint density at radius 2 is 2.07 bits per heavy atom.